The monoisotopic (exact) mass is 278 g/mol. The Bertz CT molecular complexity index is 516. The Morgan fingerprint density at radius 2 is 2.00 bits per heavy atom. The van der Waals surface area contributed by atoms with Crippen LogP contribution in [-0.2, 0) is 6.42 Å². The molecule has 0 unspecified atom stereocenters. The molecule has 1 heterocycles. The predicted octanol–water partition coefficient (Wildman–Crippen LogP) is 4.43. The van der Waals surface area contributed by atoms with Crippen molar-refractivity contribution in [2.45, 2.75) is 45.4 Å². The van der Waals surface area contributed by atoms with Crippen molar-refractivity contribution in [2.75, 3.05) is 6.61 Å². The summed E-state index contributed by atoms with van der Waals surface area (Å²) in [7, 11) is 0. The van der Waals surface area contributed by atoms with Gasteiger partial charge in [-0.15, -0.1) is 0 Å². The van der Waals surface area contributed by atoms with Crippen molar-refractivity contribution in [3.8, 4) is 5.75 Å². The number of carbonyl (C=O) groups is 1. The molecule has 3 rings (SSSR count). The number of benzene rings is 1. The third-order valence-electron chi connectivity index (χ3n) is 4.50. The van der Waals surface area contributed by atoms with Gasteiger partial charge in [0.15, 0.2) is 5.78 Å². The van der Waals surface area contributed by atoms with Crippen LogP contribution in [0.25, 0.3) is 0 Å². The van der Waals surface area contributed by atoms with Crippen LogP contribution in [0.2, 0.25) is 5.02 Å². The molecule has 2 aliphatic rings. The smallest absolute Gasteiger partial charge is 0.172 e. The molecule has 0 bridgehead atoms. The molecule has 2 nitrogen and oxygen atoms in total. The third-order valence-corrected chi connectivity index (χ3v) is 4.72. The van der Waals surface area contributed by atoms with Crippen molar-refractivity contribution < 1.29 is 9.53 Å². The molecule has 1 aliphatic heterocycles. The largest absolute Gasteiger partial charge is 0.492 e. The maximum absolute atomic E-state index is 12.9. The average molecular weight is 279 g/mol. The summed E-state index contributed by atoms with van der Waals surface area (Å²) in [6, 6.07) is 3.71. The number of hydrogen-bond acceptors (Lipinski definition) is 2. The van der Waals surface area contributed by atoms with Crippen molar-refractivity contribution in [1.82, 2.24) is 0 Å². The van der Waals surface area contributed by atoms with Crippen LogP contribution in [-0.4, -0.2) is 12.4 Å². The quantitative estimate of drug-likeness (QED) is 0.748. The van der Waals surface area contributed by atoms with Gasteiger partial charge in [-0.25, -0.2) is 0 Å². The van der Waals surface area contributed by atoms with Crippen LogP contribution in [0.1, 0.15) is 54.9 Å². The molecule has 19 heavy (non-hydrogen) atoms. The SMILES string of the molecule is CC1(C(=O)c2cc(Cl)cc3c2OCC3)CCCCC1. The van der Waals surface area contributed by atoms with E-state index in [2.05, 4.69) is 6.92 Å². The van der Waals surface area contributed by atoms with Crippen molar-refractivity contribution in [3.63, 3.8) is 0 Å². The second-order valence-corrected chi connectivity index (χ2v) is 6.43. The molecule has 0 N–H and O–H groups in total. The van der Waals surface area contributed by atoms with Gasteiger partial charge in [-0.05, 0) is 30.5 Å². The Labute approximate surface area is 119 Å². The first-order valence-electron chi connectivity index (χ1n) is 7.10. The molecule has 1 saturated carbocycles. The maximum Gasteiger partial charge on any atom is 0.172 e. The van der Waals surface area contributed by atoms with Gasteiger partial charge in [0.2, 0.25) is 0 Å². The minimum atomic E-state index is -0.233. The summed E-state index contributed by atoms with van der Waals surface area (Å²) < 4.78 is 5.66. The van der Waals surface area contributed by atoms with Crippen LogP contribution in [0.4, 0.5) is 0 Å². The Hall–Kier alpha value is -1.02. The second-order valence-electron chi connectivity index (χ2n) is 5.99. The molecule has 0 saturated heterocycles. The van der Waals surface area contributed by atoms with Gasteiger partial charge in [0.1, 0.15) is 5.75 Å². The van der Waals surface area contributed by atoms with E-state index in [1.54, 1.807) is 6.07 Å². The van der Waals surface area contributed by atoms with Gasteiger partial charge in [0, 0.05) is 16.9 Å². The molecule has 1 aliphatic carbocycles. The van der Waals surface area contributed by atoms with E-state index in [9.17, 15) is 4.79 Å². The van der Waals surface area contributed by atoms with E-state index < -0.39 is 0 Å². The molecule has 0 spiro atoms. The minimum absolute atomic E-state index is 0.216. The lowest BCUT2D eigenvalue weighted by Crippen LogP contribution is -2.30. The fourth-order valence-corrected chi connectivity index (χ4v) is 3.56. The fraction of sp³-hybridized carbons (Fsp3) is 0.562. The Kier molecular flexibility index (Phi) is 3.30. The lowest BCUT2D eigenvalue weighted by molar-refractivity contribution is 0.0746. The van der Waals surface area contributed by atoms with Crippen molar-refractivity contribution >= 4 is 17.4 Å². The van der Waals surface area contributed by atoms with Crippen molar-refractivity contribution in [2.24, 2.45) is 5.41 Å². The van der Waals surface area contributed by atoms with E-state index >= 15 is 0 Å². The molecular weight excluding hydrogens is 260 g/mol. The van der Waals surface area contributed by atoms with Gasteiger partial charge in [0.25, 0.3) is 0 Å². The van der Waals surface area contributed by atoms with Crippen LogP contribution < -0.4 is 4.74 Å². The van der Waals surface area contributed by atoms with Gasteiger partial charge in [0.05, 0.1) is 12.2 Å². The first kappa shape index (κ1) is 13.0. The van der Waals surface area contributed by atoms with Crippen LogP contribution in [0.15, 0.2) is 12.1 Å². The fourth-order valence-electron chi connectivity index (χ4n) is 3.32. The third kappa shape index (κ3) is 2.27. The van der Waals surface area contributed by atoms with Crippen molar-refractivity contribution in [3.05, 3.63) is 28.3 Å². The van der Waals surface area contributed by atoms with Gasteiger partial charge in [-0.3, -0.25) is 4.79 Å². The molecule has 1 fully saturated rings. The minimum Gasteiger partial charge on any atom is -0.492 e. The Morgan fingerprint density at radius 3 is 2.74 bits per heavy atom. The number of rotatable bonds is 2. The van der Waals surface area contributed by atoms with E-state index in [0.717, 1.165) is 43.4 Å². The highest BCUT2D eigenvalue weighted by Gasteiger charge is 2.37. The molecule has 0 radical (unpaired) electrons. The van der Waals surface area contributed by atoms with Crippen LogP contribution in [0.3, 0.4) is 0 Å². The zero-order chi connectivity index (χ0) is 13.5. The highest BCUT2D eigenvalue weighted by atomic mass is 35.5. The molecule has 1 aromatic carbocycles. The number of Topliss-reactive ketones (excluding diaryl/α,β-unsaturated/α-hetero) is 1. The molecule has 3 heteroatoms. The molecular formula is C16H19ClO2. The number of ketones is 1. The summed E-state index contributed by atoms with van der Waals surface area (Å²) in [4.78, 5) is 12.9. The summed E-state index contributed by atoms with van der Waals surface area (Å²) >= 11 is 6.15. The zero-order valence-corrected chi connectivity index (χ0v) is 12.1. The summed E-state index contributed by atoms with van der Waals surface area (Å²) in [5.74, 6) is 0.994. The van der Waals surface area contributed by atoms with Crippen molar-refractivity contribution in [1.29, 1.82) is 0 Å². The first-order valence-corrected chi connectivity index (χ1v) is 7.48. The van der Waals surface area contributed by atoms with Gasteiger partial charge in [-0.1, -0.05) is 37.8 Å². The Balaban J connectivity index is 2.00. The van der Waals surface area contributed by atoms with Crippen LogP contribution in [0, 0.1) is 5.41 Å². The number of halogens is 1. The summed E-state index contributed by atoms with van der Waals surface area (Å²) in [6.07, 6.45) is 6.35. The molecule has 0 atom stereocenters. The number of ether oxygens (including phenoxy) is 1. The van der Waals surface area contributed by atoms with E-state index in [0.29, 0.717) is 17.2 Å². The Morgan fingerprint density at radius 1 is 1.26 bits per heavy atom. The second kappa shape index (κ2) is 4.82. The van der Waals surface area contributed by atoms with E-state index in [-0.39, 0.29) is 11.2 Å². The standard InChI is InChI=1S/C16H19ClO2/c1-16(6-3-2-4-7-16)15(18)13-10-12(17)9-11-5-8-19-14(11)13/h9-10H,2-8H2,1H3. The molecule has 102 valence electrons. The lowest BCUT2D eigenvalue weighted by Gasteiger charge is -2.32. The van der Waals surface area contributed by atoms with Gasteiger partial charge < -0.3 is 4.74 Å². The number of carbonyl (C=O) groups excluding carboxylic acids is 1. The lowest BCUT2D eigenvalue weighted by atomic mass is 9.71. The molecule has 1 aromatic rings. The van der Waals surface area contributed by atoms with Crippen LogP contribution in [0.5, 0.6) is 5.75 Å². The summed E-state index contributed by atoms with van der Waals surface area (Å²) in [5.41, 5.74) is 1.54. The number of fused-ring (bicyclic) bond motifs is 1. The first-order chi connectivity index (χ1) is 9.10. The van der Waals surface area contributed by atoms with Gasteiger partial charge in [-0.2, -0.15) is 0 Å². The highest BCUT2D eigenvalue weighted by Crippen LogP contribution is 2.42. The number of hydrogen-bond donors (Lipinski definition) is 0. The maximum atomic E-state index is 12.9. The predicted molar refractivity (Wildman–Crippen MR) is 76.2 cm³/mol. The van der Waals surface area contributed by atoms with Gasteiger partial charge >= 0.3 is 0 Å². The average Bonchev–Trinajstić information content (AvgIpc) is 2.85. The normalized spacial score (nSPS) is 20.7. The molecule has 0 amide bonds. The van der Waals surface area contributed by atoms with Crippen LogP contribution >= 0.6 is 11.6 Å². The molecule has 0 aromatic heterocycles. The highest BCUT2D eigenvalue weighted by molar-refractivity contribution is 6.31. The van der Waals surface area contributed by atoms with E-state index in [1.807, 2.05) is 6.07 Å². The van der Waals surface area contributed by atoms with E-state index in [1.165, 1.54) is 6.42 Å². The topological polar surface area (TPSA) is 26.3 Å². The zero-order valence-electron chi connectivity index (χ0n) is 11.3. The summed E-state index contributed by atoms with van der Waals surface area (Å²) in [6.45, 7) is 2.75. The summed E-state index contributed by atoms with van der Waals surface area (Å²) in [5, 5.41) is 0.645. The van der Waals surface area contributed by atoms with E-state index in [4.69, 9.17) is 16.3 Å².